The molecule has 0 radical (unpaired) electrons. The van der Waals surface area contributed by atoms with E-state index in [4.69, 9.17) is 9.47 Å². The fourth-order valence-corrected chi connectivity index (χ4v) is 3.66. The van der Waals surface area contributed by atoms with E-state index in [9.17, 15) is 0 Å². The van der Waals surface area contributed by atoms with Crippen molar-refractivity contribution in [3.63, 3.8) is 0 Å². The van der Waals surface area contributed by atoms with Crippen molar-refractivity contribution in [2.24, 2.45) is 0 Å². The largest absolute Gasteiger partial charge is 0.496 e. The molecule has 0 aliphatic rings. The molecule has 1 heterocycles. The number of methoxy groups -OCH3 is 2. The van der Waals surface area contributed by atoms with Gasteiger partial charge in [0.1, 0.15) is 17.2 Å². The van der Waals surface area contributed by atoms with E-state index in [1.54, 1.807) is 18.9 Å². The summed E-state index contributed by atoms with van der Waals surface area (Å²) in [5, 5.41) is 12.8. The molecule has 130 valence electrons. The van der Waals surface area contributed by atoms with Gasteiger partial charge in [-0.1, -0.05) is 33.8 Å². The zero-order valence-electron chi connectivity index (χ0n) is 14.1. The molecule has 0 saturated heterocycles. The lowest BCUT2D eigenvalue weighted by molar-refractivity contribution is 0.410. The number of hydrogen-bond donors (Lipinski definition) is 0. The van der Waals surface area contributed by atoms with Crippen LogP contribution in [0.1, 0.15) is 11.1 Å². The molecule has 8 heteroatoms. The molecule has 0 fully saturated rings. The third-order valence-corrected chi connectivity index (χ3v) is 5.06. The Kier molecular flexibility index (Phi) is 5.60. The molecular weight excluding hydrogens is 404 g/mol. The number of thioether (sulfide) groups is 1. The maximum atomic E-state index is 5.44. The maximum absolute atomic E-state index is 5.44. The fraction of sp³-hybridized carbons (Fsp3) is 0.235. The van der Waals surface area contributed by atoms with E-state index < -0.39 is 0 Å². The molecule has 0 atom stereocenters. The van der Waals surface area contributed by atoms with Crippen LogP contribution in [0.2, 0.25) is 0 Å². The summed E-state index contributed by atoms with van der Waals surface area (Å²) in [5.41, 5.74) is 2.99. The lowest BCUT2D eigenvalue weighted by atomic mass is 10.2. The number of benzene rings is 2. The minimum absolute atomic E-state index is 0.678. The van der Waals surface area contributed by atoms with Crippen molar-refractivity contribution < 1.29 is 9.47 Å². The zero-order chi connectivity index (χ0) is 17.8. The average molecular weight is 421 g/mol. The molecule has 0 amide bonds. The van der Waals surface area contributed by atoms with Crippen LogP contribution in [0.25, 0.3) is 5.69 Å². The number of aryl methyl sites for hydroxylation is 1. The van der Waals surface area contributed by atoms with E-state index >= 15 is 0 Å². The Morgan fingerprint density at radius 1 is 1.08 bits per heavy atom. The Morgan fingerprint density at radius 2 is 1.84 bits per heavy atom. The maximum Gasteiger partial charge on any atom is 0.214 e. The highest BCUT2D eigenvalue weighted by Crippen LogP contribution is 2.31. The van der Waals surface area contributed by atoms with Crippen LogP contribution in [0.4, 0.5) is 0 Å². The van der Waals surface area contributed by atoms with Crippen molar-refractivity contribution in [3.05, 3.63) is 52.0 Å². The summed E-state index contributed by atoms with van der Waals surface area (Å²) in [7, 11) is 3.30. The second-order valence-electron chi connectivity index (χ2n) is 5.29. The first-order valence-corrected chi connectivity index (χ1v) is 9.29. The Balaban J connectivity index is 1.89. The Bertz CT molecular complexity index is 885. The molecule has 0 N–H and O–H groups in total. The summed E-state index contributed by atoms with van der Waals surface area (Å²) in [6, 6.07) is 11.8. The number of ether oxygens (including phenoxy) is 2. The van der Waals surface area contributed by atoms with Crippen LogP contribution in [-0.2, 0) is 5.75 Å². The van der Waals surface area contributed by atoms with Gasteiger partial charge in [-0.25, -0.2) is 0 Å². The van der Waals surface area contributed by atoms with Gasteiger partial charge in [0.2, 0.25) is 5.16 Å². The number of nitrogens with zero attached hydrogens (tertiary/aromatic N) is 4. The molecule has 25 heavy (non-hydrogen) atoms. The summed E-state index contributed by atoms with van der Waals surface area (Å²) in [6.45, 7) is 2.02. The van der Waals surface area contributed by atoms with E-state index in [2.05, 4.69) is 31.5 Å². The van der Waals surface area contributed by atoms with E-state index in [0.717, 1.165) is 32.8 Å². The number of rotatable bonds is 6. The highest BCUT2D eigenvalue weighted by molar-refractivity contribution is 9.10. The highest BCUT2D eigenvalue weighted by atomic mass is 79.9. The van der Waals surface area contributed by atoms with Crippen LogP contribution >= 0.6 is 27.7 Å². The summed E-state index contributed by atoms with van der Waals surface area (Å²) in [5.74, 6) is 2.24. The first kappa shape index (κ1) is 17.8. The van der Waals surface area contributed by atoms with Crippen molar-refractivity contribution in [1.82, 2.24) is 20.2 Å². The number of halogens is 1. The van der Waals surface area contributed by atoms with Gasteiger partial charge in [-0.2, -0.15) is 4.68 Å². The minimum Gasteiger partial charge on any atom is -0.496 e. The van der Waals surface area contributed by atoms with Crippen LogP contribution in [0.3, 0.4) is 0 Å². The molecule has 0 spiro atoms. The smallest absolute Gasteiger partial charge is 0.214 e. The number of aromatic nitrogens is 4. The molecule has 0 aliphatic heterocycles. The van der Waals surface area contributed by atoms with Crippen LogP contribution in [0, 0.1) is 6.92 Å². The van der Waals surface area contributed by atoms with Gasteiger partial charge in [-0.15, -0.1) is 5.10 Å². The third-order valence-electron chi connectivity index (χ3n) is 3.60. The third kappa shape index (κ3) is 3.96. The summed E-state index contributed by atoms with van der Waals surface area (Å²) < 4.78 is 13.6. The van der Waals surface area contributed by atoms with Gasteiger partial charge in [-0.05, 0) is 53.2 Å². The summed E-state index contributed by atoms with van der Waals surface area (Å²) >= 11 is 5.03. The SMILES string of the molecule is COc1ccc(Br)cc1CSc1nnnn1-c1cc(C)ccc1OC. The van der Waals surface area contributed by atoms with Crippen molar-refractivity contribution in [1.29, 1.82) is 0 Å². The standard InChI is InChI=1S/C17H17BrN4O2S/c1-11-4-6-16(24-3)14(8-11)22-17(19-20-21-22)25-10-12-9-13(18)5-7-15(12)23-2/h4-9H,10H2,1-3H3. The second-order valence-corrected chi connectivity index (χ2v) is 7.15. The van der Waals surface area contributed by atoms with E-state index in [1.165, 1.54) is 11.8 Å². The van der Waals surface area contributed by atoms with Crippen molar-refractivity contribution in [2.45, 2.75) is 17.8 Å². The van der Waals surface area contributed by atoms with Crippen molar-refractivity contribution in [3.8, 4) is 17.2 Å². The number of hydrogen-bond acceptors (Lipinski definition) is 6. The van der Waals surface area contributed by atoms with E-state index in [0.29, 0.717) is 10.9 Å². The quantitative estimate of drug-likeness (QED) is 0.560. The van der Waals surface area contributed by atoms with E-state index in [1.807, 2.05) is 43.3 Å². The topological polar surface area (TPSA) is 62.1 Å². The molecule has 0 unspecified atom stereocenters. The normalized spacial score (nSPS) is 10.7. The van der Waals surface area contributed by atoms with Crippen molar-refractivity contribution >= 4 is 27.7 Å². The Labute approximate surface area is 158 Å². The minimum atomic E-state index is 0.678. The molecule has 1 aromatic heterocycles. The highest BCUT2D eigenvalue weighted by Gasteiger charge is 2.15. The van der Waals surface area contributed by atoms with Crippen LogP contribution < -0.4 is 9.47 Å². The van der Waals surface area contributed by atoms with Crippen molar-refractivity contribution in [2.75, 3.05) is 14.2 Å². The molecule has 3 aromatic rings. The Hall–Kier alpha value is -2.06. The average Bonchev–Trinajstić information content (AvgIpc) is 3.08. The Morgan fingerprint density at radius 3 is 2.60 bits per heavy atom. The van der Waals surface area contributed by atoms with E-state index in [-0.39, 0.29) is 0 Å². The summed E-state index contributed by atoms with van der Waals surface area (Å²) in [4.78, 5) is 0. The molecule has 3 rings (SSSR count). The van der Waals surface area contributed by atoms with Gasteiger partial charge in [0.15, 0.2) is 0 Å². The zero-order valence-corrected chi connectivity index (χ0v) is 16.5. The van der Waals surface area contributed by atoms with Crippen LogP contribution in [0.5, 0.6) is 11.5 Å². The molecule has 2 aromatic carbocycles. The predicted molar refractivity (Wildman–Crippen MR) is 101 cm³/mol. The van der Waals surface area contributed by atoms with Crippen LogP contribution in [-0.4, -0.2) is 34.4 Å². The first-order valence-electron chi connectivity index (χ1n) is 7.51. The molecular formula is C17H17BrN4O2S. The lowest BCUT2D eigenvalue weighted by Gasteiger charge is -2.11. The van der Waals surface area contributed by atoms with Gasteiger partial charge in [0, 0.05) is 15.8 Å². The van der Waals surface area contributed by atoms with Crippen LogP contribution in [0.15, 0.2) is 46.0 Å². The van der Waals surface area contributed by atoms with Gasteiger partial charge in [0.25, 0.3) is 0 Å². The molecule has 0 bridgehead atoms. The number of tetrazole rings is 1. The monoisotopic (exact) mass is 420 g/mol. The molecule has 6 nitrogen and oxygen atoms in total. The first-order chi connectivity index (χ1) is 12.1. The fourth-order valence-electron chi connectivity index (χ4n) is 2.39. The van der Waals surface area contributed by atoms with Gasteiger partial charge >= 0.3 is 0 Å². The van der Waals surface area contributed by atoms with Gasteiger partial charge in [-0.3, -0.25) is 0 Å². The van der Waals surface area contributed by atoms with Gasteiger partial charge in [0.05, 0.1) is 14.2 Å². The second kappa shape index (κ2) is 7.88. The predicted octanol–water partition coefficient (Wildman–Crippen LogP) is 4.04. The lowest BCUT2D eigenvalue weighted by Crippen LogP contribution is -2.02. The molecule has 0 aliphatic carbocycles. The summed E-state index contributed by atoms with van der Waals surface area (Å²) in [6.07, 6.45) is 0. The van der Waals surface area contributed by atoms with Gasteiger partial charge < -0.3 is 9.47 Å². The molecule has 0 saturated carbocycles.